The number of nitrogens with one attached hydrogen (secondary N) is 1. The predicted octanol–water partition coefficient (Wildman–Crippen LogP) is 4.09. The molecule has 0 radical (unpaired) electrons. The number of carbonyl (C=O) groups excluding carboxylic acids is 1. The van der Waals surface area contributed by atoms with E-state index in [0.717, 1.165) is 17.8 Å². The number of hydrogen-bond donors (Lipinski definition) is 1. The maximum atomic E-state index is 13.0. The molecule has 0 aliphatic rings. The number of carbonyl (C=O) groups is 1. The van der Waals surface area contributed by atoms with Gasteiger partial charge in [-0.2, -0.15) is 18.3 Å². The molecule has 0 saturated heterocycles. The second-order valence-electron chi connectivity index (χ2n) is 6.82. The normalized spacial score (nSPS) is 11.5. The average Bonchev–Trinajstić information content (AvgIpc) is 3.20. The van der Waals surface area contributed by atoms with Crippen molar-refractivity contribution in [2.24, 2.45) is 5.10 Å². The van der Waals surface area contributed by atoms with Crippen LogP contribution in [0, 0.1) is 0 Å². The van der Waals surface area contributed by atoms with Crippen molar-refractivity contribution < 1.29 is 22.7 Å². The highest BCUT2D eigenvalue weighted by Crippen LogP contribution is 2.30. The van der Waals surface area contributed by atoms with Crippen molar-refractivity contribution in [1.29, 1.82) is 0 Å². The minimum absolute atomic E-state index is 0.233. The Labute approximate surface area is 177 Å². The molecule has 1 aromatic heterocycles. The van der Waals surface area contributed by atoms with Crippen LogP contribution in [0.5, 0.6) is 5.75 Å². The topological polar surface area (TPSA) is 58.9 Å². The standard InChI is InChI=1S/C22H21F3N4O2/c1-28(2)17-7-4-10-20(13-17)31-15-21(30)27-26-14-19-9-5-11-29(19)18-8-3-6-16(12-18)22(23,24)25/h3-14H,15H2,1-2H3,(H,27,30)/b26-14+. The van der Waals surface area contributed by atoms with Gasteiger partial charge in [-0.05, 0) is 42.5 Å². The van der Waals surface area contributed by atoms with E-state index in [1.807, 2.05) is 31.1 Å². The number of hydrogen-bond acceptors (Lipinski definition) is 4. The van der Waals surface area contributed by atoms with Gasteiger partial charge in [-0.15, -0.1) is 0 Å². The SMILES string of the molecule is CN(C)c1cccc(OCC(=O)N/N=C/c2cccn2-c2cccc(C(F)(F)F)c2)c1. The van der Waals surface area contributed by atoms with E-state index in [-0.39, 0.29) is 6.61 Å². The van der Waals surface area contributed by atoms with Crippen LogP contribution in [0.15, 0.2) is 72.0 Å². The van der Waals surface area contributed by atoms with Crippen molar-refractivity contribution in [3.63, 3.8) is 0 Å². The summed E-state index contributed by atoms with van der Waals surface area (Å²) in [5.41, 5.74) is 3.37. The predicted molar refractivity (Wildman–Crippen MR) is 113 cm³/mol. The van der Waals surface area contributed by atoms with Gasteiger partial charge >= 0.3 is 6.18 Å². The first-order valence-corrected chi connectivity index (χ1v) is 9.31. The molecule has 0 bridgehead atoms. The van der Waals surface area contributed by atoms with Crippen molar-refractivity contribution >= 4 is 17.8 Å². The fourth-order valence-corrected chi connectivity index (χ4v) is 2.77. The summed E-state index contributed by atoms with van der Waals surface area (Å²) < 4.78 is 45.9. The fraction of sp³-hybridized carbons (Fsp3) is 0.182. The third-order valence-electron chi connectivity index (χ3n) is 4.32. The third-order valence-corrected chi connectivity index (χ3v) is 4.32. The number of alkyl halides is 3. The van der Waals surface area contributed by atoms with Crippen LogP contribution in [0.2, 0.25) is 0 Å². The number of ether oxygens (including phenoxy) is 1. The molecule has 0 aliphatic heterocycles. The maximum Gasteiger partial charge on any atom is 0.416 e. The largest absolute Gasteiger partial charge is 0.484 e. The van der Waals surface area contributed by atoms with E-state index in [2.05, 4.69) is 10.5 Å². The van der Waals surface area contributed by atoms with Gasteiger partial charge in [0.1, 0.15) is 5.75 Å². The van der Waals surface area contributed by atoms with E-state index in [1.165, 1.54) is 16.8 Å². The summed E-state index contributed by atoms with van der Waals surface area (Å²) in [6.07, 6.45) is -1.47. The lowest BCUT2D eigenvalue weighted by molar-refractivity contribution is -0.137. The number of halogens is 3. The highest BCUT2D eigenvalue weighted by molar-refractivity contribution is 5.82. The molecule has 162 valence electrons. The van der Waals surface area contributed by atoms with Gasteiger partial charge in [-0.1, -0.05) is 12.1 Å². The van der Waals surface area contributed by atoms with Crippen LogP contribution < -0.4 is 15.1 Å². The van der Waals surface area contributed by atoms with Crippen LogP contribution in [-0.2, 0) is 11.0 Å². The molecule has 1 heterocycles. The first kappa shape index (κ1) is 21.9. The van der Waals surface area contributed by atoms with E-state index >= 15 is 0 Å². The molecule has 2 aromatic carbocycles. The molecule has 0 atom stereocenters. The Morgan fingerprint density at radius 3 is 2.65 bits per heavy atom. The zero-order chi connectivity index (χ0) is 22.4. The van der Waals surface area contributed by atoms with Gasteiger partial charge in [0, 0.05) is 37.7 Å². The molecular formula is C22H21F3N4O2. The van der Waals surface area contributed by atoms with Crippen molar-refractivity contribution in [2.75, 3.05) is 25.6 Å². The second-order valence-corrected chi connectivity index (χ2v) is 6.82. The van der Waals surface area contributed by atoms with E-state index < -0.39 is 17.6 Å². The summed E-state index contributed by atoms with van der Waals surface area (Å²) in [4.78, 5) is 13.9. The Bertz CT molecular complexity index is 1070. The molecule has 1 N–H and O–H groups in total. The van der Waals surface area contributed by atoms with Gasteiger partial charge in [0.25, 0.3) is 5.91 Å². The monoisotopic (exact) mass is 430 g/mol. The molecule has 0 unspecified atom stereocenters. The number of amides is 1. The van der Waals surface area contributed by atoms with Crippen molar-refractivity contribution in [1.82, 2.24) is 9.99 Å². The first-order valence-electron chi connectivity index (χ1n) is 9.31. The average molecular weight is 430 g/mol. The van der Waals surface area contributed by atoms with Crippen LogP contribution >= 0.6 is 0 Å². The van der Waals surface area contributed by atoms with Gasteiger partial charge < -0.3 is 14.2 Å². The molecule has 0 fully saturated rings. The Morgan fingerprint density at radius 1 is 1.13 bits per heavy atom. The molecule has 9 heteroatoms. The zero-order valence-corrected chi connectivity index (χ0v) is 16.9. The highest BCUT2D eigenvalue weighted by atomic mass is 19.4. The lowest BCUT2D eigenvalue weighted by Gasteiger charge is -2.13. The number of anilines is 1. The molecule has 31 heavy (non-hydrogen) atoms. The fourth-order valence-electron chi connectivity index (χ4n) is 2.77. The minimum Gasteiger partial charge on any atom is -0.484 e. The molecular weight excluding hydrogens is 409 g/mol. The Balaban J connectivity index is 1.61. The highest BCUT2D eigenvalue weighted by Gasteiger charge is 2.30. The van der Waals surface area contributed by atoms with Crippen LogP contribution in [0.3, 0.4) is 0 Å². The summed E-state index contributed by atoms with van der Waals surface area (Å²) >= 11 is 0. The summed E-state index contributed by atoms with van der Waals surface area (Å²) in [7, 11) is 3.80. The Kier molecular flexibility index (Phi) is 6.64. The van der Waals surface area contributed by atoms with Gasteiger partial charge in [-0.3, -0.25) is 4.79 Å². The van der Waals surface area contributed by atoms with Gasteiger partial charge in [0.05, 0.1) is 17.5 Å². The van der Waals surface area contributed by atoms with E-state index in [1.54, 1.807) is 36.5 Å². The Morgan fingerprint density at radius 2 is 1.90 bits per heavy atom. The van der Waals surface area contributed by atoms with Crippen molar-refractivity contribution in [3.8, 4) is 11.4 Å². The van der Waals surface area contributed by atoms with E-state index in [9.17, 15) is 18.0 Å². The lowest BCUT2D eigenvalue weighted by atomic mass is 10.2. The van der Waals surface area contributed by atoms with Crippen molar-refractivity contribution in [2.45, 2.75) is 6.18 Å². The van der Waals surface area contributed by atoms with Gasteiger partial charge in [0.15, 0.2) is 6.61 Å². The maximum absolute atomic E-state index is 13.0. The van der Waals surface area contributed by atoms with Gasteiger partial charge in [0.2, 0.25) is 0 Å². The molecule has 6 nitrogen and oxygen atoms in total. The first-order chi connectivity index (χ1) is 14.7. The lowest BCUT2D eigenvalue weighted by Crippen LogP contribution is -2.24. The van der Waals surface area contributed by atoms with E-state index in [0.29, 0.717) is 17.1 Å². The quantitative estimate of drug-likeness (QED) is 0.454. The second kappa shape index (κ2) is 9.38. The molecule has 0 aliphatic carbocycles. The van der Waals surface area contributed by atoms with E-state index in [4.69, 9.17) is 4.74 Å². The molecule has 0 saturated carbocycles. The Hall–Kier alpha value is -3.75. The molecule has 3 rings (SSSR count). The molecule has 1 amide bonds. The number of aromatic nitrogens is 1. The summed E-state index contributed by atoms with van der Waals surface area (Å²) in [6.45, 7) is -0.233. The number of nitrogens with zero attached hydrogens (tertiary/aromatic N) is 3. The van der Waals surface area contributed by atoms with Crippen LogP contribution in [-0.4, -0.2) is 37.4 Å². The number of rotatable bonds is 7. The van der Waals surface area contributed by atoms with Crippen LogP contribution in [0.1, 0.15) is 11.3 Å². The molecule has 0 spiro atoms. The summed E-state index contributed by atoms with van der Waals surface area (Å²) in [5.74, 6) is 0.0763. The van der Waals surface area contributed by atoms with Crippen LogP contribution in [0.4, 0.5) is 18.9 Å². The number of hydrazone groups is 1. The zero-order valence-electron chi connectivity index (χ0n) is 16.9. The summed E-state index contributed by atoms with van der Waals surface area (Å²) in [6, 6.07) is 15.6. The van der Waals surface area contributed by atoms with Crippen molar-refractivity contribution in [3.05, 3.63) is 78.1 Å². The van der Waals surface area contributed by atoms with Crippen LogP contribution in [0.25, 0.3) is 5.69 Å². The van der Waals surface area contributed by atoms with Gasteiger partial charge in [-0.25, -0.2) is 5.43 Å². The number of benzene rings is 2. The third kappa shape index (κ3) is 5.88. The molecule has 3 aromatic rings. The summed E-state index contributed by atoms with van der Waals surface area (Å²) in [5, 5.41) is 3.87. The minimum atomic E-state index is -4.43. The smallest absolute Gasteiger partial charge is 0.416 e.